The van der Waals surface area contributed by atoms with Gasteiger partial charge in [-0.05, 0) is 17.0 Å². The second-order valence-corrected chi connectivity index (χ2v) is 4.90. The van der Waals surface area contributed by atoms with Crippen LogP contribution in [0.5, 0.6) is 0 Å². The minimum absolute atomic E-state index is 0.0878. The summed E-state index contributed by atoms with van der Waals surface area (Å²) in [5.41, 5.74) is 2.47. The molecule has 0 aromatic heterocycles. The molecule has 88 valence electrons. The van der Waals surface area contributed by atoms with Gasteiger partial charge in [0.15, 0.2) is 0 Å². The molecule has 0 aliphatic heterocycles. The zero-order valence-electron chi connectivity index (χ0n) is 9.79. The predicted octanol–water partition coefficient (Wildman–Crippen LogP) is 3.21. The average Bonchev–Trinajstić information content (AvgIpc) is 2.27. The molecule has 0 saturated carbocycles. The first-order valence-electron chi connectivity index (χ1n) is 5.55. The first kappa shape index (κ1) is 13.2. The second kappa shape index (κ2) is 6.69. The van der Waals surface area contributed by atoms with Crippen molar-refractivity contribution in [2.75, 3.05) is 5.33 Å². The van der Waals surface area contributed by atoms with Crippen LogP contribution < -0.4 is 5.32 Å². The third kappa shape index (κ3) is 4.35. The first-order chi connectivity index (χ1) is 7.63. The molecule has 0 saturated heterocycles. The topological polar surface area (TPSA) is 29.1 Å². The summed E-state index contributed by atoms with van der Waals surface area (Å²) in [6.07, 6.45) is 0.532. The Kier molecular flexibility index (Phi) is 5.53. The molecule has 0 atom stereocenters. The fourth-order valence-corrected chi connectivity index (χ4v) is 1.76. The number of amides is 1. The number of rotatable bonds is 5. The minimum atomic E-state index is 0.0878. The molecule has 2 nitrogen and oxygen atoms in total. The Hall–Kier alpha value is -0.830. The third-order valence-electron chi connectivity index (χ3n) is 2.46. The van der Waals surface area contributed by atoms with E-state index in [1.165, 1.54) is 5.56 Å². The number of halogens is 1. The van der Waals surface area contributed by atoms with Gasteiger partial charge in [-0.25, -0.2) is 0 Å². The van der Waals surface area contributed by atoms with Crippen molar-refractivity contribution in [1.29, 1.82) is 0 Å². The number of alkyl halides is 1. The highest BCUT2D eigenvalue weighted by molar-refractivity contribution is 9.09. The van der Waals surface area contributed by atoms with Gasteiger partial charge in [0, 0.05) is 18.3 Å². The highest BCUT2D eigenvalue weighted by Crippen LogP contribution is 2.14. The Labute approximate surface area is 106 Å². The van der Waals surface area contributed by atoms with Crippen molar-refractivity contribution in [2.24, 2.45) is 0 Å². The minimum Gasteiger partial charge on any atom is -0.352 e. The molecule has 1 aromatic carbocycles. The molecule has 1 amide bonds. The van der Waals surface area contributed by atoms with Crippen LogP contribution in [0.4, 0.5) is 0 Å². The standard InChI is InChI=1S/C13H18BrNO/c1-10(2)12-5-3-11(4-6-12)9-15-13(16)7-8-14/h3-6,10H,7-9H2,1-2H3,(H,15,16). The van der Waals surface area contributed by atoms with Crippen molar-refractivity contribution in [1.82, 2.24) is 5.32 Å². The SMILES string of the molecule is CC(C)c1ccc(CNC(=O)CCBr)cc1. The predicted molar refractivity (Wildman–Crippen MR) is 70.8 cm³/mol. The molecule has 0 spiro atoms. The highest BCUT2D eigenvalue weighted by Gasteiger charge is 2.01. The van der Waals surface area contributed by atoms with Crippen LogP contribution in [-0.4, -0.2) is 11.2 Å². The number of carbonyl (C=O) groups excluding carboxylic acids is 1. The van der Waals surface area contributed by atoms with E-state index in [4.69, 9.17) is 0 Å². The molecule has 3 heteroatoms. The Morgan fingerprint density at radius 3 is 2.44 bits per heavy atom. The monoisotopic (exact) mass is 283 g/mol. The lowest BCUT2D eigenvalue weighted by Gasteiger charge is -2.07. The molecule has 16 heavy (non-hydrogen) atoms. The number of nitrogens with one attached hydrogen (secondary N) is 1. The maximum absolute atomic E-state index is 11.3. The van der Waals surface area contributed by atoms with Crippen LogP contribution >= 0.6 is 15.9 Å². The van der Waals surface area contributed by atoms with Crippen LogP contribution in [0.1, 0.15) is 37.3 Å². The van der Waals surface area contributed by atoms with Crippen molar-refractivity contribution in [2.45, 2.75) is 32.7 Å². The van der Waals surface area contributed by atoms with E-state index in [9.17, 15) is 4.79 Å². The summed E-state index contributed by atoms with van der Waals surface area (Å²) in [7, 11) is 0. The van der Waals surface area contributed by atoms with Crippen LogP contribution in [0.15, 0.2) is 24.3 Å². The fourth-order valence-electron chi connectivity index (χ4n) is 1.40. The fraction of sp³-hybridized carbons (Fsp3) is 0.462. The van der Waals surface area contributed by atoms with E-state index in [0.29, 0.717) is 24.2 Å². The van der Waals surface area contributed by atoms with E-state index < -0.39 is 0 Å². The molecule has 0 aliphatic rings. The summed E-state index contributed by atoms with van der Waals surface area (Å²) in [5, 5.41) is 3.59. The van der Waals surface area contributed by atoms with E-state index >= 15 is 0 Å². The highest BCUT2D eigenvalue weighted by atomic mass is 79.9. The van der Waals surface area contributed by atoms with Crippen molar-refractivity contribution in [3.63, 3.8) is 0 Å². The van der Waals surface area contributed by atoms with E-state index in [2.05, 4.69) is 59.4 Å². The lowest BCUT2D eigenvalue weighted by molar-refractivity contribution is -0.120. The summed E-state index contributed by atoms with van der Waals surface area (Å²) >= 11 is 3.24. The summed E-state index contributed by atoms with van der Waals surface area (Å²) < 4.78 is 0. The van der Waals surface area contributed by atoms with E-state index in [0.717, 1.165) is 5.56 Å². The molecule has 0 bridgehead atoms. The second-order valence-electron chi connectivity index (χ2n) is 4.11. The average molecular weight is 284 g/mol. The summed E-state index contributed by atoms with van der Waals surface area (Å²) in [6, 6.07) is 8.39. The Bertz CT molecular complexity index is 332. The Balaban J connectivity index is 2.46. The molecule has 0 aliphatic carbocycles. The van der Waals surface area contributed by atoms with Gasteiger partial charge >= 0.3 is 0 Å². The lowest BCUT2D eigenvalue weighted by atomic mass is 10.0. The maximum atomic E-state index is 11.3. The summed E-state index contributed by atoms with van der Waals surface area (Å²) in [6.45, 7) is 4.96. The van der Waals surface area contributed by atoms with Crippen LogP contribution in [0, 0.1) is 0 Å². The molecule has 0 heterocycles. The normalized spacial score (nSPS) is 10.5. The summed E-state index contributed by atoms with van der Waals surface area (Å²) in [5.74, 6) is 0.641. The first-order valence-corrected chi connectivity index (χ1v) is 6.67. The number of hydrogen-bond acceptors (Lipinski definition) is 1. The van der Waals surface area contributed by atoms with Gasteiger partial charge < -0.3 is 5.32 Å². The van der Waals surface area contributed by atoms with Gasteiger partial charge in [0.05, 0.1) is 0 Å². The Morgan fingerprint density at radius 2 is 1.94 bits per heavy atom. The van der Waals surface area contributed by atoms with Gasteiger partial charge in [0.25, 0.3) is 0 Å². The molecule has 0 fully saturated rings. The van der Waals surface area contributed by atoms with Gasteiger partial charge in [-0.3, -0.25) is 4.79 Å². The lowest BCUT2D eigenvalue weighted by Crippen LogP contribution is -2.22. The molecule has 0 unspecified atom stereocenters. The van der Waals surface area contributed by atoms with Gasteiger partial charge in [0.2, 0.25) is 5.91 Å². The zero-order chi connectivity index (χ0) is 12.0. The van der Waals surface area contributed by atoms with Gasteiger partial charge in [-0.1, -0.05) is 54.0 Å². The number of hydrogen-bond donors (Lipinski definition) is 1. The van der Waals surface area contributed by atoms with Gasteiger partial charge in [-0.15, -0.1) is 0 Å². The van der Waals surface area contributed by atoms with Crippen LogP contribution in [0.3, 0.4) is 0 Å². The van der Waals surface area contributed by atoms with E-state index in [1.807, 2.05) is 0 Å². The van der Waals surface area contributed by atoms with E-state index in [-0.39, 0.29) is 5.91 Å². The maximum Gasteiger partial charge on any atom is 0.221 e. The molecule has 0 radical (unpaired) electrons. The third-order valence-corrected chi connectivity index (χ3v) is 2.85. The van der Waals surface area contributed by atoms with Gasteiger partial charge in [0.1, 0.15) is 0 Å². The quantitative estimate of drug-likeness (QED) is 0.826. The van der Waals surface area contributed by atoms with Crippen LogP contribution in [-0.2, 0) is 11.3 Å². The van der Waals surface area contributed by atoms with Crippen molar-refractivity contribution >= 4 is 21.8 Å². The van der Waals surface area contributed by atoms with Crippen LogP contribution in [0.2, 0.25) is 0 Å². The van der Waals surface area contributed by atoms with Crippen molar-refractivity contribution < 1.29 is 4.79 Å². The summed E-state index contributed by atoms with van der Waals surface area (Å²) in [4.78, 5) is 11.3. The zero-order valence-corrected chi connectivity index (χ0v) is 11.4. The number of carbonyl (C=O) groups is 1. The van der Waals surface area contributed by atoms with Crippen molar-refractivity contribution in [3.8, 4) is 0 Å². The molecule has 1 aromatic rings. The molecular formula is C13H18BrNO. The Morgan fingerprint density at radius 1 is 1.31 bits per heavy atom. The number of benzene rings is 1. The van der Waals surface area contributed by atoms with Crippen molar-refractivity contribution in [3.05, 3.63) is 35.4 Å². The molecule has 1 rings (SSSR count). The van der Waals surface area contributed by atoms with Crippen LogP contribution in [0.25, 0.3) is 0 Å². The van der Waals surface area contributed by atoms with E-state index in [1.54, 1.807) is 0 Å². The largest absolute Gasteiger partial charge is 0.352 e. The molecule has 1 N–H and O–H groups in total. The molecular weight excluding hydrogens is 266 g/mol. The smallest absolute Gasteiger partial charge is 0.221 e. The van der Waals surface area contributed by atoms with Gasteiger partial charge in [-0.2, -0.15) is 0 Å².